The molecule has 1 N–H and O–H groups in total. The van der Waals surface area contributed by atoms with E-state index in [1.54, 1.807) is 30.3 Å². The van der Waals surface area contributed by atoms with Crippen LogP contribution in [0.3, 0.4) is 0 Å². The third-order valence-corrected chi connectivity index (χ3v) is 5.91. The highest BCUT2D eigenvalue weighted by Gasteiger charge is 2.32. The molecule has 0 aliphatic carbocycles. The van der Waals surface area contributed by atoms with Crippen LogP contribution in [0.1, 0.15) is 12.0 Å². The van der Waals surface area contributed by atoms with Gasteiger partial charge in [-0.25, -0.2) is 4.63 Å². The minimum absolute atomic E-state index is 0.0769. The summed E-state index contributed by atoms with van der Waals surface area (Å²) in [6.07, 6.45) is 1.79. The Balaban J connectivity index is 1.41. The first-order valence-corrected chi connectivity index (χ1v) is 10.1. The lowest BCUT2D eigenvalue weighted by molar-refractivity contribution is -0.122. The average Bonchev–Trinajstić information content (AvgIpc) is 3.28. The summed E-state index contributed by atoms with van der Waals surface area (Å²) >= 11 is 12.7. The highest BCUT2D eigenvalue weighted by Crippen LogP contribution is 2.33. The zero-order valence-corrected chi connectivity index (χ0v) is 17.2. The Bertz CT molecular complexity index is 1160. The molecule has 1 aromatic heterocycles. The maximum absolute atomic E-state index is 12.7. The van der Waals surface area contributed by atoms with E-state index < -0.39 is 0 Å². The Morgan fingerprint density at radius 3 is 2.90 bits per heavy atom. The first-order chi connectivity index (χ1) is 14.0. The monoisotopic (exact) mass is 444 g/mol. The number of amides is 2. The van der Waals surface area contributed by atoms with Crippen molar-refractivity contribution in [3.05, 3.63) is 58.0 Å². The molecule has 0 unspecified atom stereocenters. The second kappa shape index (κ2) is 8.32. The van der Waals surface area contributed by atoms with Gasteiger partial charge in [0.15, 0.2) is 5.52 Å². The zero-order chi connectivity index (χ0) is 20.4. The van der Waals surface area contributed by atoms with Crippen LogP contribution in [0, 0.1) is 0 Å². The summed E-state index contributed by atoms with van der Waals surface area (Å²) in [5.41, 5.74) is 2.25. The second-order valence-corrected chi connectivity index (χ2v) is 8.17. The third kappa shape index (κ3) is 4.16. The summed E-state index contributed by atoms with van der Waals surface area (Å²) in [6, 6.07) is 12.4. The number of anilines is 1. The molecule has 0 atom stereocenters. The fraction of sp³-hybridized carbons (Fsp3) is 0.105. The van der Waals surface area contributed by atoms with Crippen molar-refractivity contribution in [1.82, 2.24) is 15.2 Å². The molecule has 10 heteroatoms. The van der Waals surface area contributed by atoms with Crippen molar-refractivity contribution in [3.63, 3.8) is 0 Å². The van der Waals surface area contributed by atoms with Crippen LogP contribution < -0.4 is 5.32 Å². The van der Waals surface area contributed by atoms with Gasteiger partial charge in [-0.05, 0) is 40.2 Å². The lowest BCUT2D eigenvalue weighted by atomic mass is 10.2. The molecule has 0 bridgehead atoms. The van der Waals surface area contributed by atoms with Gasteiger partial charge in [-0.1, -0.05) is 59.8 Å². The number of thiocarbonyl (C=S) groups is 1. The Labute approximate surface area is 180 Å². The van der Waals surface area contributed by atoms with Crippen molar-refractivity contribution in [2.75, 3.05) is 11.9 Å². The lowest BCUT2D eigenvalue weighted by Crippen LogP contribution is -2.31. The highest BCUT2D eigenvalue weighted by molar-refractivity contribution is 8.26. The lowest BCUT2D eigenvalue weighted by Gasteiger charge is -2.14. The molecule has 7 nitrogen and oxygen atoms in total. The maximum atomic E-state index is 12.7. The van der Waals surface area contributed by atoms with Crippen LogP contribution in [-0.4, -0.2) is 37.9 Å². The zero-order valence-electron chi connectivity index (χ0n) is 14.8. The number of halogens is 1. The van der Waals surface area contributed by atoms with Crippen LogP contribution in [0.25, 0.3) is 17.1 Å². The minimum Gasteiger partial charge on any atom is -0.324 e. The first kappa shape index (κ1) is 19.6. The molecule has 1 aliphatic heterocycles. The number of benzene rings is 2. The van der Waals surface area contributed by atoms with Crippen LogP contribution in [0.4, 0.5) is 5.69 Å². The normalized spacial score (nSPS) is 15.5. The number of rotatable bonds is 5. The van der Waals surface area contributed by atoms with Gasteiger partial charge in [-0.2, -0.15) is 0 Å². The molecular weight excluding hydrogens is 432 g/mol. The van der Waals surface area contributed by atoms with Gasteiger partial charge < -0.3 is 5.32 Å². The molecule has 1 fully saturated rings. The van der Waals surface area contributed by atoms with Gasteiger partial charge in [0.1, 0.15) is 9.84 Å². The summed E-state index contributed by atoms with van der Waals surface area (Å²) in [5.74, 6) is -0.514. The summed E-state index contributed by atoms with van der Waals surface area (Å²) < 4.78 is 5.09. The van der Waals surface area contributed by atoms with Gasteiger partial charge in [0.2, 0.25) is 5.91 Å². The summed E-state index contributed by atoms with van der Waals surface area (Å²) in [7, 11) is 0. The van der Waals surface area contributed by atoms with Crippen molar-refractivity contribution in [3.8, 4) is 0 Å². The first-order valence-electron chi connectivity index (χ1n) is 8.54. The van der Waals surface area contributed by atoms with Crippen molar-refractivity contribution in [2.24, 2.45) is 0 Å². The quantitative estimate of drug-likeness (QED) is 0.468. The number of hydrogen-bond acceptors (Lipinski definition) is 7. The Morgan fingerprint density at radius 1 is 1.24 bits per heavy atom. The summed E-state index contributed by atoms with van der Waals surface area (Å²) in [6.45, 7) is 0.170. The molecule has 1 saturated heterocycles. The van der Waals surface area contributed by atoms with Crippen molar-refractivity contribution in [2.45, 2.75) is 6.42 Å². The van der Waals surface area contributed by atoms with Crippen molar-refractivity contribution >= 4 is 74.5 Å². The number of thioether (sulfide) groups is 1. The van der Waals surface area contributed by atoms with E-state index in [1.165, 1.54) is 16.7 Å². The summed E-state index contributed by atoms with van der Waals surface area (Å²) in [4.78, 5) is 26.9. The van der Waals surface area contributed by atoms with Gasteiger partial charge in [-0.15, -0.1) is 0 Å². The molecular formula is C19H13ClN4O3S2. The topological polar surface area (TPSA) is 88.3 Å². The Morgan fingerprint density at radius 2 is 2.07 bits per heavy atom. The molecule has 0 radical (unpaired) electrons. The Hall–Kier alpha value is -2.75. The van der Waals surface area contributed by atoms with E-state index in [0.717, 1.165) is 5.56 Å². The number of carbonyl (C=O) groups excluding carboxylic acids is 2. The van der Waals surface area contributed by atoms with E-state index in [1.807, 2.05) is 18.2 Å². The second-order valence-electron chi connectivity index (χ2n) is 6.09. The molecule has 2 heterocycles. The molecule has 3 aromatic rings. The standard InChI is InChI=1S/C19H13ClN4O3S2/c20-12-5-2-1-4-11(12)10-15-18(26)24(19(28)29-15)9-8-16(25)21-13-6-3-7-14-17(13)23-27-22-14/h1-7,10H,8-9H2,(H,21,25)/b15-10+. The Kier molecular flexibility index (Phi) is 5.61. The molecule has 0 saturated carbocycles. The largest absolute Gasteiger partial charge is 0.324 e. The van der Waals surface area contributed by atoms with Crippen LogP contribution in [-0.2, 0) is 9.59 Å². The number of aromatic nitrogens is 2. The van der Waals surface area contributed by atoms with E-state index in [4.69, 9.17) is 23.8 Å². The SMILES string of the molecule is O=C(CCN1C(=O)/C(=C\c2ccccc2Cl)SC1=S)Nc1cccc2nonc12. The fourth-order valence-electron chi connectivity index (χ4n) is 2.76. The number of nitrogens with zero attached hydrogens (tertiary/aromatic N) is 3. The summed E-state index contributed by atoms with van der Waals surface area (Å²) in [5, 5.41) is 10.8. The molecule has 1 aliphatic rings. The molecule has 4 rings (SSSR count). The number of fused-ring (bicyclic) bond motifs is 1. The van der Waals surface area contributed by atoms with Gasteiger partial charge in [0.25, 0.3) is 5.91 Å². The number of hydrogen-bond donors (Lipinski definition) is 1. The van der Waals surface area contributed by atoms with Crippen LogP contribution in [0.2, 0.25) is 5.02 Å². The third-order valence-electron chi connectivity index (χ3n) is 4.19. The van der Waals surface area contributed by atoms with Gasteiger partial charge in [0, 0.05) is 18.0 Å². The van der Waals surface area contributed by atoms with Gasteiger partial charge in [0.05, 0.1) is 10.6 Å². The predicted octanol–water partition coefficient (Wildman–Crippen LogP) is 4.11. The van der Waals surface area contributed by atoms with Crippen molar-refractivity contribution in [1.29, 1.82) is 0 Å². The predicted molar refractivity (Wildman–Crippen MR) is 116 cm³/mol. The minimum atomic E-state index is -0.273. The molecule has 2 amide bonds. The van der Waals surface area contributed by atoms with Crippen LogP contribution >= 0.6 is 35.6 Å². The maximum Gasteiger partial charge on any atom is 0.266 e. The molecule has 29 heavy (non-hydrogen) atoms. The van der Waals surface area contributed by atoms with Gasteiger partial charge in [-0.3, -0.25) is 14.5 Å². The fourth-order valence-corrected chi connectivity index (χ4v) is 4.25. The number of carbonyl (C=O) groups is 2. The van der Waals surface area contributed by atoms with Crippen molar-refractivity contribution < 1.29 is 14.2 Å². The molecule has 0 spiro atoms. The van der Waals surface area contributed by atoms with E-state index >= 15 is 0 Å². The van der Waals surface area contributed by atoms with E-state index in [0.29, 0.717) is 31.0 Å². The highest BCUT2D eigenvalue weighted by atomic mass is 35.5. The number of nitrogens with one attached hydrogen (secondary N) is 1. The molecule has 146 valence electrons. The smallest absolute Gasteiger partial charge is 0.266 e. The van der Waals surface area contributed by atoms with E-state index in [-0.39, 0.29) is 24.8 Å². The molecule has 2 aromatic carbocycles. The van der Waals surface area contributed by atoms with E-state index in [9.17, 15) is 9.59 Å². The van der Waals surface area contributed by atoms with E-state index in [2.05, 4.69) is 20.3 Å². The van der Waals surface area contributed by atoms with Gasteiger partial charge >= 0.3 is 0 Å². The van der Waals surface area contributed by atoms with Crippen LogP contribution in [0.15, 0.2) is 52.0 Å². The average molecular weight is 445 g/mol. The van der Waals surface area contributed by atoms with Crippen LogP contribution in [0.5, 0.6) is 0 Å².